The van der Waals surface area contributed by atoms with Gasteiger partial charge in [0.25, 0.3) is 5.91 Å². The Morgan fingerprint density at radius 2 is 2.15 bits per heavy atom. The maximum Gasteiger partial charge on any atom is 0.254 e. The normalized spacial score (nSPS) is 18.8. The number of hydrogen-bond donors (Lipinski definition) is 2. The van der Waals surface area contributed by atoms with Crippen LogP contribution in [-0.2, 0) is 4.79 Å². The van der Waals surface area contributed by atoms with Crippen molar-refractivity contribution in [3.63, 3.8) is 0 Å². The van der Waals surface area contributed by atoms with Gasteiger partial charge in [0.1, 0.15) is 11.9 Å². The second-order valence-corrected chi connectivity index (χ2v) is 5.27. The van der Waals surface area contributed by atoms with Gasteiger partial charge in [0.15, 0.2) is 0 Å². The second-order valence-electron chi connectivity index (χ2n) is 4.79. The number of carbonyl (C=O) groups is 2. The summed E-state index contributed by atoms with van der Waals surface area (Å²) in [4.78, 5) is 26.0. The maximum absolute atomic E-state index is 13.2. The van der Waals surface area contributed by atoms with Gasteiger partial charge < -0.3 is 10.2 Å². The number of rotatable bonds is 2. The van der Waals surface area contributed by atoms with Crippen molar-refractivity contribution in [2.24, 2.45) is 0 Å². The summed E-state index contributed by atoms with van der Waals surface area (Å²) in [7, 11) is 1.56. The SMILES string of the molecule is CNC(=O)C1CCCCN1C(=O)c1ccc(F)c(S)c1. The average Bonchev–Trinajstić information content (AvgIpc) is 2.48. The maximum atomic E-state index is 13.2. The molecule has 1 unspecified atom stereocenters. The van der Waals surface area contributed by atoms with Crippen LogP contribution in [0.15, 0.2) is 23.1 Å². The Labute approximate surface area is 122 Å². The molecule has 1 N–H and O–H groups in total. The van der Waals surface area contributed by atoms with E-state index in [4.69, 9.17) is 0 Å². The van der Waals surface area contributed by atoms with Gasteiger partial charge in [-0.3, -0.25) is 9.59 Å². The lowest BCUT2D eigenvalue weighted by atomic mass is 10.00. The number of likely N-dealkylation sites (N-methyl/N-ethyl adjacent to an activating group) is 1. The molecule has 1 fully saturated rings. The monoisotopic (exact) mass is 296 g/mol. The molecule has 1 aromatic carbocycles. The van der Waals surface area contributed by atoms with Crippen molar-refractivity contribution in [2.75, 3.05) is 13.6 Å². The third-order valence-electron chi connectivity index (χ3n) is 3.51. The summed E-state index contributed by atoms with van der Waals surface area (Å²) in [5.41, 5.74) is 0.354. The van der Waals surface area contributed by atoms with Crippen LogP contribution in [0.5, 0.6) is 0 Å². The Kier molecular flexibility index (Phi) is 4.65. The first kappa shape index (κ1) is 14.8. The Balaban J connectivity index is 2.25. The van der Waals surface area contributed by atoms with Gasteiger partial charge in [-0.25, -0.2) is 4.39 Å². The number of nitrogens with zero attached hydrogens (tertiary/aromatic N) is 1. The minimum Gasteiger partial charge on any atom is -0.357 e. The average molecular weight is 296 g/mol. The van der Waals surface area contributed by atoms with Gasteiger partial charge in [0.2, 0.25) is 5.91 Å². The van der Waals surface area contributed by atoms with Crippen molar-refractivity contribution in [1.29, 1.82) is 0 Å². The van der Waals surface area contributed by atoms with Crippen molar-refractivity contribution < 1.29 is 14.0 Å². The van der Waals surface area contributed by atoms with E-state index in [0.717, 1.165) is 12.8 Å². The lowest BCUT2D eigenvalue weighted by molar-refractivity contribution is -0.126. The van der Waals surface area contributed by atoms with E-state index >= 15 is 0 Å². The topological polar surface area (TPSA) is 49.4 Å². The van der Waals surface area contributed by atoms with Crippen molar-refractivity contribution >= 4 is 24.4 Å². The van der Waals surface area contributed by atoms with Crippen molar-refractivity contribution in [3.8, 4) is 0 Å². The summed E-state index contributed by atoms with van der Waals surface area (Å²) in [6.45, 7) is 0.538. The van der Waals surface area contributed by atoms with Gasteiger partial charge in [0.05, 0.1) is 0 Å². The molecule has 1 atom stereocenters. The van der Waals surface area contributed by atoms with Gasteiger partial charge in [-0.2, -0.15) is 0 Å². The first-order valence-corrected chi connectivity index (χ1v) is 7.00. The predicted octanol–water partition coefficient (Wildman–Crippen LogP) is 1.86. The first-order chi connectivity index (χ1) is 9.54. The van der Waals surface area contributed by atoms with Crippen LogP contribution in [0.4, 0.5) is 4.39 Å². The zero-order valence-corrected chi connectivity index (χ0v) is 12.1. The Morgan fingerprint density at radius 3 is 2.80 bits per heavy atom. The number of likely N-dealkylation sites (tertiary alicyclic amines) is 1. The van der Waals surface area contributed by atoms with Crippen LogP contribution in [-0.4, -0.2) is 36.3 Å². The van der Waals surface area contributed by atoms with Crippen LogP contribution >= 0.6 is 12.6 Å². The fraction of sp³-hybridized carbons (Fsp3) is 0.429. The van der Waals surface area contributed by atoms with Crippen LogP contribution in [0.3, 0.4) is 0 Å². The van der Waals surface area contributed by atoms with Gasteiger partial charge in [0, 0.05) is 24.1 Å². The predicted molar refractivity (Wildman–Crippen MR) is 76.4 cm³/mol. The van der Waals surface area contributed by atoms with Crippen LogP contribution in [0.2, 0.25) is 0 Å². The zero-order chi connectivity index (χ0) is 14.7. The lowest BCUT2D eigenvalue weighted by Crippen LogP contribution is -2.51. The molecule has 4 nitrogen and oxygen atoms in total. The van der Waals surface area contributed by atoms with Gasteiger partial charge >= 0.3 is 0 Å². The molecule has 0 spiro atoms. The summed E-state index contributed by atoms with van der Waals surface area (Å²) >= 11 is 3.98. The van der Waals surface area contributed by atoms with Crippen LogP contribution in [0, 0.1) is 5.82 Å². The first-order valence-electron chi connectivity index (χ1n) is 6.55. The van der Waals surface area contributed by atoms with E-state index in [1.807, 2.05) is 0 Å². The number of hydrogen-bond acceptors (Lipinski definition) is 3. The van der Waals surface area contributed by atoms with E-state index in [0.29, 0.717) is 18.5 Å². The Bertz CT molecular complexity index is 536. The Hall–Kier alpha value is -1.56. The summed E-state index contributed by atoms with van der Waals surface area (Å²) in [5.74, 6) is -0.883. The smallest absolute Gasteiger partial charge is 0.254 e. The fourth-order valence-electron chi connectivity index (χ4n) is 2.43. The van der Waals surface area contributed by atoms with Gasteiger partial charge in [-0.05, 0) is 37.5 Å². The summed E-state index contributed by atoms with van der Waals surface area (Å²) < 4.78 is 13.2. The number of piperidine rings is 1. The van der Waals surface area contributed by atoms with Crippen molar-refractivity contribution in [2.45, 2.75) is 30.2 Å². The molecule has 0 bridgehead atoms. The van der Waals surface area contributed by atoms with E-state index in [-0.39, 0.29) is 16.7 Å². The number of halogens is 1. The molecule has 0 aliphatic carbocycles. The number of carbonyl (C=O) groups excluding carboxylic acids is 2. The van der Waals surface area contributed by atoms with E-state index in [1.165, 1.54) is 18.2 Å². The van der Waals surface area contributed by atoms with Gasteiger partial charge in [-0.1, -0.05) is 0 Å². The molecule has 1 saturated heterocycles. The standard InChI is InChI=1S/C14H17FN2O2S/c1-16-13(18)11-4-2-3-7-17(11)14(19)9-5-6-10(15)12(20)8-9/h5-6,8,11,20H,2-4,7H2,1H3,(H,16,18). The summed E-state index contributed by atoms with van der Waals surface area (Å²) in [5, 5.41) is 2.58. The largest absolute Gasteiger partial charge is 0.357 e. The molecule has 2 amide bonds. The minimum absolute atomic E-state index is 0.129. The van der Waals surface area contributed by atoms with E-state index in [9.17, 15) is 14.0 Å². The molecule has 1 aliphatic rings. The fourth-order valence-corrected chi connectivity index (χ4v) is 2.64. The minimum atomic E-state index is -0.466. The third-order valence-corrected chi connectivity index (χ3v) is 3.85. The number of thiol groups is 1. The molecular weight excluding hydrogens is 279 g/mol. The highest BCUT2D eigenvalue weighted by atomic mass is 32.1. The summed E-state index contributed by atoms with van der Waals surface area (Å²) in [6, 6.07) is 3.59. The van der Waals surface area contributed by atoms with E-state index in [1.54, 1.807) is 11.9 Å². The highest BCUT2D eigenvalue weighted by Crippen LogP contribution is 2.22. The summed E-state index contributed by atoms with van der Waals surface area (Å²) in [6.07, 6.45) is 2.44. The number of amides is 2. The molecule has 0 radical (unpaired) electrons. The van der Waals surface area contributed by atoms with Crippen LogP contribution < -0.4 is 5.32 Å². The van der Waals surface area contributed by atoms with Crippen molar-refractivity contribution in [1.82, 2.24) is 10.2 Å². The van der Waals surface area contributed by atoms with Crippen LogP contribution in [0.1, 0.15) is 29.6 Å². The molecule has 20 heavy (non-hydrogen) atoms. The number of benzene rings is 1. The third kappa shape index (κ3) is 2.95. The van der Waals surface area contributed by atoms with E-state index < -0.39 is 11.9 Å². The molecule has 1 heterocycles. The van der Waals surface area contributed by atoms with Crippen molar-refractivity contribution in [3.05, 3.63) is 29.6 Å². The molecule has 2 rings (SSSR count). The van der Waals surface area contributed by atoms with Crippen LogP contribution in [0.25, 0.3) is 0 Å². The van der Waals surface area contributed by atoms with E-state index in [2.05, 4.69) is 17.9 Å². The molecule has 108 valence electrons. The molecule has 6 heteroatoms. The highest BCUT2D eigenvalue weighted by molar-refractivity contribution is 7.80. The molecule has 1 aromatic rings. The van der Waals surface area contributed by atoms with Gasteiger partial charge in [-0.15, -0.1) is 12.6 Å². The molecule has 0 saturated carbocycles. The number of nitrogens with one attached hydrogen (secondary N) is 1. The zero-order valence-electron chi connectivity index (χ0n) is 11.2. The molecular formula is C14H17FN2O2S. The molecule has 0 aromatic heterocycles. The second kappa shape index (κ2) is 6.26. The lowest BCUT2D eigenvalue weighted by Gasteiger charge is -2.34. The quantitative estimate of drug-likeness (QED) is 0.818. The highest BCUT2D eigenvalue weighted by Gasteiger charge is 2.32. The Morgan fingerprint density at radius 1 is 1.40 bits per heavy atom. The molecule has 1 aliphatic heterocycles.